The van der Waals surface area contributed by atoms with Crippen molar-refractivity contribution in [2.24, 2.45) is 11.8 Å². The molecule has 0 bridgehead atoms. The van der Waals surface area contributed by atoms with Crippen molar-refractivity contribution < 1.29 is 19.9 Å². The fourth-order valence-electron chi connectivity index (χ4n) is 3.91. The Bertz CT molecular complexity index is 1130. The molecule has 2 aliphatic rings. The molecule has 8 nitrogen and oxygen atoms in total. The van der Waals surface area contributed by atoms with E-state index in [1.807, 2.05) is 12.1 Å². The van der Waals surface area contributed by atoms with Gasteiger partial charge in [-0.05, 0) is 61.6 Å². The summed E-state index contributed by atoms with van der Waals surface area (Å²) in [6.45, 7) is 2.43. The number of benzene rings is 1. The Kier molecular flexibility index (Phi) is 6.45. The highest BCUT2D eigenvalue weighted by Crippen LogP contribution is 2.46. The van der Waals surface area contributed by atoms with Crippen molar-refractivity contribution in [3.63, 3.8) is 0 Å². The molecule has 33 heavy (non-hydrogen) atoms. The van der Waals surface area contributed by atoms with Crippen LogP contribution in [-0.2, 0) is 4.79 Å². The van der Waals surface area contributed by atoms with Gasteiger partial charge in [0.15, 0.2) is 0 Å². The van der Waals surface area contributed by atoms with Gasteiger partial charge in [-0.25, -0.2) is 5.48 Å². The number of hydrogen-bond donors (Lipinski definition) is 4. The van der Waals surface area contributed by atoms with Gasteiger partial charge in [0.05, 0.1) is 17.5 Å². The number of carbonyl (C=O) groups excluding carboxylic acids is 2. The molecule has 0 saturated heterocycles. The molecular weight excluding hydrogens is 420 g/mol. The van der Waals surface area contributed by atoms with E-state index in [-0.39, 0.29) is 0 Å². The molecule has 8 heteroatoms. The lowest BCUT2D eigenvalue weighted by Gasteiger charge is -2.25. The van der Waals surface area contributed by atoms with Crippen LogP contribution in [0.4, 0.5) is 0 Å². The standard InChI is InChI=1S/C25H26N4O4/c1-15(30)23(25(32)28-33)27-24(31)18-8-5-16(6-9-18)3-4-17-7-10-21(26-13-17)22-12-19-11-20(19)14-29(22)2/h5-10,12-13,15,19-20,23,30,33H,11,14H2,1-2H3,(H,27,31)(H,28,32)/t15-,19?,20?,23+/m1/s1. The Morgan fingerprint density at radius 3 is 2.48 bits per heavy atom. The number of nitrogens with zero attached hydrogens (tertiary/aromatic N) is 2. The topological polar surface area (TPSA) is 115 Å². The number of fused-ring (bicyclic) bond motifs is 1. The number of amides is 2. The quantitative estimate of drug-likeness (QED) is 0.314. The van der Waals surface area contributed by atoms with Gasteiger partial charge in [-0.15, -0.1) is 0 Å². The lowest BCUT2D eigenvalue weighted by Crippen LogP contribution is -2.51. The first-order valence-electron chi connectivity index (χ1n) is 10.8. The predicted molar refractivity (Wildman–Crippen MR) is 122 cm³/mol. The average Bonchev–Trinajstić information content (AvgIpc) is 3.58. The molecule has 4 rings (SSSR count). The van der Waals surface area contributed by atoms with Crippen molar-refractivity contribution >= 4 is 17.5 Å². The zero-order chi connectivity index (χ0) is 23.5. The van der Waals surface area contributed by atoms with Gasteiger partial charge in [-0.3, -0.25) is 19.8 Å². The van der Waals surface area contributed by atoms with Gasteiger partial charge in [-0.2, -0.15) is 0 Å². The first-order valence-corrected chi connectivity index (χ1v) is 10.8. The van der Waals surface area contributed by atoms with E-state index in [0.717, 1.165) is 23.7 Å². The molecule has 0 radical (unpaired) electrons. The van der Waals surface area contributed by atoms with Crippen LogP contribution in [0.25, 0.3) is 5.70 Å². The summed E-state index contributed by atoms with van der Waals surface area (Å²) in [5.74, 6) is 6.18. The van der Waals surface area contributed by atoms with Crippen LogP contribution in [0.15, 0.2) is 48.7 Å². The van der Waals surface area contributed by atoms with Gasteiger partial charge in [-0.1, -0.05) is 17.9 Å². The highest BCUT2D eigenvalue weighted by Gasteiger charge is 2.40. The number of carbonyl (C=O) groups is 2. The lowest BCUT2D eigenvalue weighted by molar-refractivity contribution is -0.133. The monoisotopic (exact) mass is 446 g/mol. The zero-order valence-corrected chi connectivity index (χ0v) is 18.4. The predicted octanol–water partition coefficient (Wildman–Crippen LogP) is 1.39. The molecule has 1 saturated carbocycles. The van der Waals surface area contributed by atoms with Crippen LogP contribution in [0.2, 0.25) is 0 Å². The molecule has 0 spiro atoms. The van der Waals surface area contributed by atoms with Gasteiger partial charge in [0.25, 0.3) is 11.8 Å². The summed E-state index contributed by atoms with van der Waals surface area (Å²) in [6, 6.07) is 9.21. The maximum absolute atomic E-state index is 12.3. The van der Waals surface area contributed by atoms with Crippen molar-refractivity contribution in [2.45, 2.75) is 25.5 Å². The third kappa shape index (κ3) is 5.22. The third-order valence-corrected chi connectivity index (χ3v) is 5.95. The van der Waals surface area contributed by atoms with Crippen LogP contribution < -0.4 is 10.8 Å². The molecule has 2 heterocycles. The first-order chi connectivity index (χ1) is 15.9. The minimum Gasteiger partial charge on any atom is -0.391 e. The minimum absolute atomic E-state index is 0.297. The Morgan fingerprint density at radius 2 is 1.85 bits per heavy atom. The second kappa shape index (κ2) is 9.45. The molecule has 2 unspecified atom stereocenters. The Labute approximate surface area is 192 Å². The summed E-state index contributed by atoms with van der Waals surface area (Å²) in [5, 5.41) is 20.8. The van der Waals surface area contributed by atoms with Crippen LogP contribution in [0.5, 0.6) is 0 Å². The molecule has 170 valence electrons. The Hall–Kier alpha value is -3.67. The zero-order valence-electron chi connectivity index (χ0n) is 18.4. The van der Waals surface area contributed by atoms with Gasteiger partial charge < -0.3 is 15.3 Å². The largest absolute Gasteiger partial charge is 0.391 e. The van der Waals surface area contributed by atoms with Crippen molar-refractivity contribution in [2.75, 3.05) is 13.6 Å². The minimum atomic E-state index is -1.27. The number of hydroxylamine groups is 1. The number of hydrogen-bond acceptors (Lipinski definition) is 6. The fourth-order valence-corrected chi connectivity index (χ4v) is 3.91. The number of aromatic nitrogens is 1. The van der Waals surface area contributed by atoms with Crippen LogP contribution in [-0.4, -0.2) is 57.8 Å². The molecule has 1 aromatic heterocycles. The fraction of sp³-hybridized carbons (Fsp3) is 0.320. The average molecular weight is 447 g/mol. The normalized spacial score (nSPS) is 20.4. The van der Waals surface area contributed by atoms with E-state index >= 15 is 0 Å². The van der Waals surface area contributed by atoms with Crippen LogP contribution >= 0.6 is 0 Å². The summed E-state index contributed by atoms with van der Waals surface area (Å²) in [5.41, 5.74) is 5.36. The van der Waals surface area contributed by atoms with E-state index in [0.29, 0.717) is 17.0 Å². The van der Waals surface area contributed by atoms with E-state index in [4.69, 9.17) is 5.21 Å². The molecule has 2 amide bonds. The van der Waals surface area contributed by atoms with Gasteiger partial charge in [0, 0.05) is 36.5 Å². The first kappa shape index (κ1) is 22.5. The van der Waals surface area contributed by atoms with Crippen molar-refractivity contribution in [1.29, 1.82) is 0 Å². The summed E-state index contributed by atoms with van der Waals surface area (Å²) in [4.78, 5) is 30.8. The highest BCUT2D eigenvalue weighted by molar-refractivity contribution is 5.97. The summed E-state index contributed by atoms with van der Waals surface area (Å²) >= 11 is 0. The van der Waals surface area contributed by atoms with E-state index in [2.05, 4.69) is 40.2 Å². The molecular formula is C25H26N4O4. The summed E-state index contributed by atoms with van der Waals surface area (Å²) in [7, 11) is 2.10. The number of pyridine rings is 1. The smallest absolute Gasteiger partial charge is 0.268 e. The van der Waals surface area contributed by atoms with Gasteiger partial charge in [0.2, 0.25) is 0 Å². The number of aliphatic hydroxyl groups excluding tert-OH is 1. The van der Waals surface area contributed by atoms with E-state index in [1.165, 1.54) is 24.5 Å². The SMILES string of the molecule is C[C@@H](O)[C@H](NC(=O)c1ccc(C#Cc2ccc(C3=CC4CC4CN3C)nc2)cc1)C(=O)NO. The van der Waals surface area contributed by atoms with E-state index in [1.54, 1.807) is 30.5 Å². The van der Waals surface area contributed by atoms with Crippen molar-refractivity contribution in [3.05, 3.63) is 71.1 Å². The molecule has 1 fully saturated rings. The number of allylic oxidation sites excluding steroid dienone is 1. The van der Waals surface area contributed by atoms with Crippen molar-refractivity contribution in [1.82, 2.24) is 20.7 Å². The number of aliphatic hydroxyl groups is 1. The highest BCUT2D eigenvalue weighted by atomic mass is 16.5. The lowest BCUT2D eigenvalue weighted by atomic mass is 10.1. The maximum Gasteiger partial charge on any atom is 0.268 e. The second-order valence-electron chi connectivity index (χ2n) is 8.52. The Balaban J connectivity index is 1.40. The second-order valence-corrected chi connectivity index (χ2v) is 8.52. The van der Waals surface area contributed by atoms with Crippen LogP contribution in [0.3, 0.4) is 0 Å². The molecule has 1 aromatic carbocycles. The van der Waals surface area contributed by atoms with Gasteiger partial charge in [0.1, 0.15) is 6.04 Å². The summed E-state index contributed by atoms with van der Waals surface area (Å²) in [6.07, 6.45) is 4.18. The molecule has 4 atom stereocenters. The Morgan fingerprint density at radius 1 is 1.15 bits per heavy atom. The van der Waals surface area contributed by atoms with Crippen molar-refractivity contribution in [3.8, 4) is 11.8 Å². The molecule has 4 N–H and O–H groups in total. The third-order valence-electron chi connectivity index (χ3n) is 5.95. The van der Waals surface area contributed by atoms with E-state index < -0.39 is 24.0 Å². The molecule has 1 aliphatic heterocycles. The molecule has 2 aromatic rings. The molecule has 1 aliphatic carbocycles. The van der Waals surface area contributed by atoms with Gasteiger partial charge >= 0.3 is 0 Å². The number of nitrogens with one attached hydrogen (secondary N) is 2. The van der Waals surface area contributed by atoms with Crippen LogP contribution in [0.1, 0.15) is 40.5 Å². The van der Waals surface area contributed by atoms with E-state index in [9.17, 15) is 14.7 Å². The van der Waals surface area contributed by atoms with Crippen LogP contribution in [0, 0.1) is 23.7 Å². The maximum atomic E-state index is 12.3. The summed E-state index contributed by atoms with van der Waals surface area (Å²) < 4.78 is 0. The number of rotatable bonds is 5.